The standard InChI is InChI=1S/C19H28N2O2/c1-15(2)20-17-7-4-3-6-16(17)18(22)21-11-5-8-19(14-21)9-12-23-13-10-19/h3-4,6-7,15,20H,5,8-14H2,1-2H3. The van der Waals surface area contributed by atoms with Crippen LogP contribution in [-0.2, 0) is 4.74 Å². The minimum absolute atomic E-state index is 0.166. The van der Waals surface area contributed by atoms with Crippen LogP contribution in [-0.4, -0.2) is 43.2 Å². The molecular formula is C19H28N2O2. The number of piperidine rings is 1. The van der Waals surface area contributed by atoms with Gasteiger partial charge in [-0.3, -0.25) is 4.79 Å². The van der Waals surface area contributed by atoms with Crippen molar-refractivity contribution in [1.29, 1.82) is 0 Å². The van der Waals surface area contributed by atoms with Gasteiger partial charge in [-0.05, 0) is 57.1 Å². The van der Waals surface area contributed by atoms with Gasteiger partial charge in [0.05, 0.1) is 5.56 Å². The van der Waals surface area contributed by atoms with Crippen LogP contribution in [0.25, 0.3) is 0 Å². The second-order valence-electron chi connectivity index (χ2n) is 7.29. The summed E-state index contributed by atoms with van der Waals surface area (Å²) in [5.74, 6) is 0.166. The van der Waals surface area contributed by atoms with Gasteiger partial charge in [0.2, 0.25) is 0 Å². The van der Waals surface area contributed by atoms with E-state index in [9.17, 15) is 4.79 Å². The second-order valence-corrected chi connectivity index (χ2v) is 7.29. The van der Waals surface area contributed by atoms with Gasteiger partial charge in [0.1, 0.15) is 0 Å². The average molecular weight is 316 g/mol. The lowest BCUT2D eigenvalue weighted by Crippen LogP contribution is -2.48. The van der Waals surface area contributed by atoms with E-state index in [4.69, 9.17) is 4.74 Å². The van der Waals surface area contributed by atoms with Gasteiger partial charge in [-0.1, -0.05) is 12.1 Å². The van der Waals surface area contributed by atoms with Crippen LogP contribution >= 0.6 is 0 Å². The summed E-state index contributed by atoms with van der Waals surface area (Å²) in [6, 6.07) is 8.19. The van der Waals surface area contributed by atoms with Crippen LogP contribution in [0.1, 0.15) is 49.9 Å². The highest BCUT2D eigenvalue weighted by atomic mass is 16.5. The minimum Gasteiger partial charge on any atom is -0.382 e. The molecule has 126 valence electrons. The number of amides is 1. The largest absolute Gasteiger partial charge is 0.382 e. The number of hydrogen-bond acceptors (Lipinski definition) is 3. The number of likely N-dealkylation sites (tertiary alicyclic amines) is 1. The first-order chi connectivity index (χ1) is 11.1. The average Bonchev–Trinajstić information content (AvgIpc) is 2.55. The number of hydrogen-bond donors (Lipinski definition) is 1. The molecule has 3 rings (SSSR count). The molecule has 4 nitrogen and oxygen atoms in total. The molecule has 0 bridgehead atoms. The van der Waals surface area contributed by atoms with Crippen LogP contribution in [0.5, 0.6) is 0 Å². The van der Waals surface area contributed by atoms with Crippen molar-refractivity contribution >= 4 is 11.6 Å². The molecule has 0 aliphatic carbocycles. The van der Waals surface area contributed by atoms with Gasteiger partial charge in [0, 0.05) is 38.0 Å². The Labute approximate surface area is 139 Å². The molecule has 1 aromatic carbocycles. The highest BCUT2D eigenvalue weighted by Gasteiger charge is 2.38. The van der Waals surface area contributed by atoms with Crippen LogP contribution < -0.4 is 5.32 Å². The molecule has 1 N–H and O–H groups in total. The summed E-state index contributed by atoms with van der Waals surface area (Å²) < 4.78 is 5.53. The van der Waals surface area contributed by atoms with Gasteiger partial charge in [0.25, 0.3) is 5.91 Å². The Morgan fingerprint density at radius 3 is 2.70 bits per heavy atom. The molecule has 0 aromatic heterocycles. The topological polar surface area (TPSA) is 41.6 Å². The first kappa shape index (κ1) is 16.3. The Morgan fingerprint density at radius 2 is 1.96 bits per heavy atom. The maximum absolute atomic E-state index is 13.1. The van der Waals surface area contributed by atoms with Gasteiger partial charge in [-0.15, -0.1) is 0 Å². The smallest absolute Gasteiger partial charge is 0.255 e. The fraction of sp³-hybridized carbons (Fsp3) is 0.632. The molecule has 0 radical (unpaired) electrons. The van der Waals surface area contributed by atoms with Gasteiger partial charge in [-0.25, -0.2) is 0 Å². The summed E-state index contributed by atoms with van der Waals surface area (Å²) in [6.45, 7) is 7.63. The highest BCUT2D eigenvalue weighted by molar-refractivity contribution is 5.99. The van der Waals surface area contributed by atoms with Crippen LogP contribution in [0.4, 0.5) is 5.69 Å². The first-order valence-electron chi connectivity index (χ1n) is 8.82. The highest BCUT2D eigenvalue weighted by Crippen LogP contribution is 2.39. The van der Waals surface area contributed by atoms with Crippen molar-refractivity contribution < 1.29 is 9.53 Å². The van der Waals surface area contributed by atoms with Crippen molar-refractivity contribution in [3.05, 3.63) is 29.8 Å². The monoisotopic (exact) mass is 316 g/mol. The lowest BCUT2D eigenvalue weighted by atomic mass is 9.74. The summed E-state index contributed by atoms with van der Waals surface area (Å²) in [6.07, 6.45) is 4.50. The maximum Gasteiger partial charge on any atom is 0.255 e. The third-order valence-corrected chi connectivity index (χ3v) is 5.10. The predicted molar refractivity (Wildman–Crippen MR) is 92.8 cm³/mol. The summed E-state index contributed by atoms with van der Waals surface area (Å²) in [7, 11) is 0. The molecule has 0 saturated carbocycles. The first-order valence-corrected chi connectivity index (χ1v) is 8.82. The van der Waals surface area contributed by atoms with E-state index in [-0.39, 0.29) is 11.3 Å². The van der Waals surface area contributed by atoms with E-state index in [0.717, 1.165) is 56.8 Å². The van der Waals surface area contributed by atoms with E-state index in [1.807, 2.05) is 24.3 Å². The van der Waals surface area contributed by atoms with E-state index in [2.05, 4.69) is 24.1 Å². The molecule has 2 heterocycles. The zero-order valence-corrected chi connectivity index (χ0v) is 14.3. The van der Waals surface area contributed by atoms with E-state index in [1.165, 1.54) is 6.42 Å². The Balaban J connectivity index is 1.77. The van der Waals surface area contributed by atoms with Crippen molar-refractivity contribution in [3.8, 4) is 0 Å². The maximum atomic E-state index is 13.1. The van der Waals surface area contributed by atoms with E-state index >= 15 is 0 Å². The van der Waals surface area contributed by atoms with Crippen molar-refractivity contribution in [2.24, 2.45) is 5.41 Å². The van der Waals surface area contributed by atoms with Crippen LogP contribution in [0.3, 0.4) is 0 Å². The third-order valence-electron chi connectivity index (χ3n) is 5.10. The number of para-hydroxylation sites is 1. The minimum atomic E-state index is 0.166. The zero-order chi connectivity index (χ0) is 16.3. The fourth-order valence-electron chi connectivity index (χ4n) is 3.87. The number of rotatable bonds is 3. The molecular weight excluding hydrogens is 288 g/mol. The predicted octanol–water partition coefficient (Wildman–Crippen LogP) is 3.54. The van der Waals surface area contributed by atoms with Crippen molar-refractivity contribution in [3.63, 3.8) is 0 Å². The molecule has 1 aromatic rings. The van der Waals surface area contributed by atoms with E-state index < -0.39 is 0 Å². The molecule has 2 aliphatic heterocycles. The number of carbonyl (C=O) groups excluding carboxylic acids is 1. The number of nitrogens with zero attached hydrogens (tertiary/aromatic N) is 1. The lowest BCUT2D eigenvalue weighted by Gasteiger charge is -2.45. The van der Waals surface area contributed by atoms with Crippen LogP contribution in [0.15, 0.2) is 24.3 Å². The van der Waals surface area contributed by atoms with Crippen molar-refractivity contribution in [1.82, 2.24) is 4.90 Å². The third kappa shape index (κ3) is 3.69. The molecule has 1 amide bonds. The molecule has 2 saturated heterocycles. The summed E-state index contributed by atoms with van der Waals surface area (Å²) in [4.78, 5) is 15.1. The van der Waals surface area contributed by atoms with Crippen LogP contribution in [0, 0.1) is 5.41 Å². The Hall–Kier alpha value is -1.55. The number of ether oxygens (including phenoxy) is 1. The number of benzene rings is 1. The van der Waals surface area contributed by atoms with Gasteiger partial charge in [-0.2, -0.15) is 0 Å². The molecule has 23 heavy (non-hydrogen) atoms. The SMILES string of the molecule is CC(C)Nc1ccccc1C(=O)N1CCCC2(CCOCC2)C1. The molecule has 4 heteroatoms. The van der Waals surface area contributed by atoms with E-state index in [1.54, 1.807) is 0 Å². The van der Waals surface area contributed by atoms with Gasteiger partial charge >= 0.3 is 0 Å². The van der Waals surface area contributed by atoms with Crippen molar-refractivity contribution in [2.45, 2.75) is 45.6 Å². The van der Waals surface area contributed by atoms with Crippen molar-refractivity contribution in [2.75, 3.05) is 31.6 Å². The quantitative estimate of drug-likeness (QED) is 0.927. The zero-order valence-electron chi connectivity index (χ0n) is 14.3. The second kappa shape index (κ2) is 6.91. The Kier molecular flexibility index (Phi) is 4.90. The fourth-order valence-corrected chi connectivity index (χ4v) is 3.87. The molecule has 0 atom stereocenters. The Morgan fingerprint density at radius 1 is 1.22 bits per heavy atom. The van der Waals surface area contributed by atoms with Gasteiger partial charge < -0.3 is 15.0 Å². The summed E-state index contributed by atoms with van der Waals surface area (Å²) in [5, 5.41) is 3.40. The number of carbonyl (C=O) groups is 1. The van der Waals surface area contributed by atoms with E-state index in [0.29, 0.717) is 6.04 Å². The van der Waals surface area contributed by atoms with Gasteiger partial charge in [0.15, 0.2) is 0 Å². The molecule has 2 fully saturated rings. The molecule has 1 spiro atoms. The normalized spacial score (nSPS) is 20.7. The van der Waals surface area contributed by atoms with Crippen LogP contribution in [0.2, 0.25) is 0 Å². The Bertz CT molecular complexity index is 545. The number of anilines is 1. The molecule has 0 unspecified atom stereocenters. The summed E-state index contributed by atoms with van der Waals surface area (Å²) >= 11 is 0. The molecule has 2 aliphatic rings. The summed E-state index contributed by atoms with van der Waals surface area (Å²) in [5.41, 5.74) is 2.02. The number of nitrogens with one attached hydrogen (secondary N) is 1. The lowest BCUT2D eigenvalue weighted by molar-refractivity contribution is -0.0229.